The van der Waals surface area contributed by atoms with Crippen molar-refractivity contribution >= 4 is 11.0 Å². The number of pyridine rings is 1. The van der Waals surface area contributed by atoms with Gasteiger partial charge in [-0.05, 0) is 18.2 Å². The van der Waals surface area contributed by atoms with E-state index in [0.29, 0.717) is 11.6 Å². The fourth-order valence-electron chi connectivity index (χ4n) is 1.94. The Morgan fingerprint density at radius 2 is 2.06 bits per heavy atom. The molecule has 0 spiro atoms. The van der Waals surface area contributed by atoms with Crippen molar-refractivity contribution in [3.05, 3.63) is 53.1 Å². The van der Waals surface area contributed by atoms with Gasteiger partial charge >= 0.3 is 5.69 Å². The van der Waals surface area contributed by atoms with Gasteiger partial charge < -0.3 is 9.72 Å². The van der Waals surface area contributed by atoms with Crippen molar-refractivity contribution in [3.8, 4) is 11.6 Å². The van der Waals surface area contributed by atoms with Gasteiger partial charge in [-0.2, -0.15) is 0 Å². The van der Waals surface area contributed by atoms with Gasteiger partial charge in [0, 0.05) is 6.07 Å². The number of H-pyrrole nitrogens is 1. The van der Waals surface area contributed by atoms with E-state index in [1.165, 1.54) is 0 Å². The number of aromatic nitrogens is 3. The van der Waals surface area contributed by atoms with Crippen LogP contribution in [0.2, 0.25) is 0 Å². The molecule has 0 aliphatic heterocycles. The zero-order valence-electron chi connectivity index (χ0n) is 9.75. The SMILES string of the molecule is COc1ccc(-n2c(=O)[nH]c3ccccc32)cn1. The lowest BCUT2D eigenvalue weighted by Crippen LogP contribution is -2.14. The summed E-state index contributed by atoms with van der Waals surface area (Å²) in [6.45, 7) is 0. The number of nitrogens with one attached hydrogen (secondary N) is 1. The summed E-state index contributed by atoms with van der Waals surface area (Å²) in [7, 11) is 1.56. The van der Waals surface area contributed by atoms with Crippen LogP contribution in [0, 0.1) is 0 Å². The van der Waals surface area contributed by atoms with E-state index >= 15 is 0 Å². The predicted molar refractivity (Wildman–Crippen MR) is 68.2 cm³/mol. The summed E-state index contributed by atoms with van der Waals surface area (Å²) in [4.78, 5) is 18.8. The van der Waals surface area contributed by atoms with Crippen LogP contribution in [0.1, 0.15) is 0 Å². The first-order valence-electron chi connectivity index (χ1n) is 5.50. The monoisotopic (exact) mass is 241 g/mol. The van der Waals surface area contributed by atoms with Crippen LogP contribution >= 0.6 is 0 Å². The molecule has 0 aliphatic rings. The van der Waals surface area contributed by atoms with E-state index < -0.39 is 0 Å². The third-order valence-electron chi connectivity index (χ3n) is 2.78. The Bertz CT molecular complexity index is 741. The lowest BCUT2D eigenvalue weighted by molar-refractivity contribution is 0.398. The first-order valence-corrected chi connectivity index (χ1v) is 5.50. The Kier molecular flexibility index (Phi) is 2.37. The number of ether oxygens (including phenoxy) is 1. The number of nitrogens with zero attached hydrogens (tertiary/aromatic N) is 2. The van der Waals surface area contributed by atoms with Gasteiger partial charge in [-0.15, -0.1) is 0 Å². The van der Waals surface area contributed by atoms with Crippen LogP contribution in [0.15, 0.2) is 47.4 Å². The van der Waals surface area contributed by atoms with Crippen LogP contribution in [-0.4, -0.2) is 21.6 Å². The minimum Gasteiger partial charge on any atom is -0.481 e. The Hall–Kier alpha value is -2.56. The maximum Gasteiger partial charge on any atom is 0.331 e. The number of benzene rings is 1. The van der Waals surface area contributed by atoms with Gasteiger partial charge in [0.1, 0.15) is 0 Å². The molecule has 0 aliphatic carbocycles. The maximum absolute atomic E-state index is 11.9. The number of rotatable bonds is 2. The van der Waals surface area contributed by atoms with Crippen LogP contribution in [-0.2, 0) is 0 Å². The van der Waals surface area contributed by atoms with E-state index in [-0.39, 0.29) is 5.69 Å². The fourth-order valence-corrected chi connectivity index (χ4v) is 1.94. The van der Waals surface area contributed by atoms with Gasteiger partial charge in [-0.1, -0.05) is 12.1 Å². The van der Waals surface area contributed by atoms with Gasteiger partial charge in [0.2, 0.25) is 5.88 Å². The Morgan fingerprint density at radius 3 is 2.78 bits per heavy atom. The Balaban J connectivity index is 2.24. The molecule has 3 aromatic rings. The highest BCUT2D eigenvalue weighted by Crippen LogP contribution is 2.15. The van der Waals surface area contributed by atoms with Crippen molar-refractivity contribution in [2.75, 3.05) is 7.11 Å². The molecule has 0 bridgehead atoms. The van der Waals surface area contributed by atoms with Crippen molar-refractivity contribution in [2.45, 2.75) is 0 Å². The summed E-state index contributed by atoms with van der Waals surface area (Å²) in [5, 5.41) is 0. The van der Waals surface area contributed by atoms with E-state index in [1.807, 2.05) is 24.3 Å². The lowest BCUT2D eigenvalue weighted by Gasteiger charge is -2.03. The zero-order chi connectivity index (χ0) is 12.5. The van der Waals surface area contributed by atoms with Crippen LogP contribution in [0.5, 0.6) is 5.88 Å². The molecule has 3 rings (SSSR count). The van der Waals surface area contributed by atoms with Crippen molar-refractivity contribution < 1.29 is 4.74 Å². The van der Waals surface area contributed by atoms with Crippen LogP contribution in [0.25, 0.3) is 16.7 Å². The van der Waals surface area contributed by atoms with E-state index in [2.05, 4.69) is 9.97 Å². The summed E-state index contributed by atoms with van der Waals surface area (Å²) < 4.78 is 6.58. The molecular formula is C13H11N3O2. The smallest absolute Gasteiger partial charge is 0.331 e. The summed E-state index contributed by atoms with van der Waals surface area (Å²) in [5.74, 6) is 0.520. The molecular weight excluding hydrogens is 230 g/mol. The minimum atomic E-state index is -0.178. The van der Waals surface area contributed by atoms with E-state index in [0.717, 1.165) is 11.0 Å². The molecule has 2 aromatic heterocycles. The lowest BCUT2D eigenvalue weighted by atomic mass is 10.3. The van der Waals surface area contributed by atoms with E-state index in [4.69, 9.17) is 4.74 Å². The molecule has 1 N–H and O–H groups in total. The number of para-hydroxylation sites is 2. The number of methoxy groups -OCH3 is 1. The largest absolute Gasteiger partial charge is 0.481 e. The molecule has 0 atom stereocenters. The first kappa shape index (κ1) is 10.6. The Morgan fingerprint density at radius 1 is 1.22 bits per heavy atom. The number of aromatic amines is 1. The van der Waals surface area contributed by atoms with Crippen LogP contribution in [0.3, 0.4) is 0 Å². The quantitative estimate of drug-likeness (QED) is 0.743. The zero-order valence-corrected chi connectivity index (χ0v) is 9.75. The topological polar surface area (TPSA) is 59.9 Å². The summed E-state index contributed by atoms with van der Waals surface area (Å²) >= 11 is 0. The number of imidazole rings is 1. The predicted octanol–water partition coefficient (Wildman–Crippen LogP) is 1.72. The summed E-state index contributed by atoms with van der Waals surface area (Å²) in [6.07, 6.45) is 1.61. The third-order valence-corrected chi connectivity index (χ3v) is 2.78. The number of fused-ring (bicyclic) bond motifs is 1. The second-order valence-corrected chi connectivity index (χ2v) is 3.84. The highest BCUT2D eigenvalue weighted by molar-refractivity contribution is 5.77. The van der Waals surface area contributed by atoms with Crippen molar-refractivity contribution in [2.24, 2.45) is 0 Å². The fraction of sp³-hybridized carbons (Fsp3) is 0.0769. The molecule has 5 heteroatoms. The highest BCUT2D eigenvalue weighted by atomic mass is 16.5. The average Bonchev–Trinajstić information content (AvgIpc) is 2.75. The van der Waals surface area contributed by atoms with Gasteiger partial charge in [-0.25, -0.2) is 9.78 Å². The molecule has 90 valence electrons. The molecule has 1 aromatic carbocycles. The summed E-state index contributed by atoms with van der Waals surface area (Å²) in [5.41, 5.74) is 2.16. The van der Waals surface area contributed by atoms with Gasteiger partial charge in [0.15, 0.2) is 0 Å². The molecule has 0 saturated heterocycles. The van der Waals surface area contributed by atoms with Crippen LogP contribution < -0.4 is 10.4 Å². The molecule has 0 unspecified atom stereocenters. The minimum absolute atomic E-state index is 0.178. The molecule has 0 radical (unpaired) electrons. The van der Waals surface area contributed by atoms with Gasteiger partial charge in [0.25, 0.3) is 0 Å². The molecule has 0 saturated carbocycles. The third kappa shape index (κ3) is 1.57. The van der Waals surface area contributed by atoms with Crippen molar-refractivity contribution in [1.82, 2.24) is 14.5 Å². The van der Waals surface area contributed by atoms with Crippen molar-refractivity contribution in [3.63, 3.8) is 0 Å². The van der Waals surface area contributed by atoms with Crippen molar-refractivity contribution in [1.29, 1.82) is 0 Å². The molecule has 2 heterocycles. The van der Waals surface area contributed by atoms with Crippen LogP contribution in [0.4, 0.5) is 0 Å². The number of hydrogen-bond acceptors (Lipinski definition) is 3. The normalized spacial score (nSPS) is 10.7. The van der Waals surface area contributed by atoms with E-state index in [1.54, 1.807) is 30.0 Å². The Labute approximate surface area is 103 Å². The van der Waals surface area contributed by atoms with Gasteiger partial charge in [0.05, 0.1) is 30.0 Å². The van der Waals surface area contributed by atoms with E-state index in [9.17, 15) is 4.79 Å². The van der Waals surface area contributed by atoms with Gasteiger partial charge in [-0.3, -0.25) is 4.57 Å². The second kappa shape index (κ2) is 4.03. The highest BCUT2D eigenvalue weighted by Gasteiger charge is 2.08. The number of hydrogen-bond donors (Lipinski definition) is 1. The molecule has 5 nitrogen and oxygen atoms in total. The standard InChI is InChI=1S/C13H11N3O2/c1-18-12-7-6-9(8-14-12)16-11-5-3-2-4-10(11)15-13(16)17/h2-8H,1H3,(H,15,17). The maximum atomic E-state index is 11.9. The molecule has 0 amide bonds. The molecule has 0 fully saturated rings. The summed E-state index contributed by atoms with van der Waals surface area (Å²) in [6, 6.07) is 11.1. The average molecular weight is 241 g/mol. The second-order valence-electron chi connectivity index (χ2n) is 3.84. The molecule has 18 heavy (non-hydrogen) atoms. The first-order chi connectivity index (χ1) is 8.79.